The number of hydrogen-bond acceptors (Lipinski definition) is 5. The highest BCUT2D eigenvalue weighted by Crippen LogP contribution is 2.36. The Morgan fingerprint density at radius 1 is 0.905 bits per heavy atom. The fourth-order valence-electron chi connectivity index (χ4n) is 2.27. The van der Waals surface area contributed by atoms with Crippen molar-refractivity contribution in [2.75, 3.05) is 0 Å². The number of benzene rings is 2. The van der Waals surface area contributed by atoms with Gasteiger partial charge < -0.3 is 0 Å². The van der Waals surface area contributed by atoms with Gasteiger partial charge in [0.1, 0.15) is 5.03 Å². The van der Waals surface area contributed by atoms with Gasteiger partial charge in [0.2, 0.25) is 0 Å². The van der Waals surface area contributed by atoms with Gasteiger partial charge in [0.15, 0.2) is 4.34 Å². The smallest absolute Gasteiger partial charge is 0.157 e. The molecule has 0 aliphatic carbocycles. The summed E-state index contributed by atoms with van der Waals surface area (Å²) < 4.78 is 2.20. The second-order valence-electron chi connectivity index (χ2n) is 4.69. The molecule has 0 amide bonds. The van der Waals surface area contributed by atoms with Crippen molar-refractivity contribution >= 4 is 44.1 Å². The third kappa shape index (κ3) is 2.28. The molecule has 102 valence electrons. The fraction of sp³-hybridized carbons (Fsp3) is 0.0625. The molecule has 0 N–H and O–H groups in total. The lowest BCUT2D eigenvalue weighted by Crippen LogP contribution is -1.92. The second kappa shape index (κ2) is 5.09. The molecule has 0 fully saturated rings. The number of aryl methyl sites for hydroxylation is 1. The Kier molecular flexibility index (Phi) is 3.09. The van der Waals surface area contributed by atoms with Crippen LogP contribution in [-0.4, -0.2) is 15.2 Å². The highest BCUT2D eigenvalue weighted by Gasteiger charge is 2.11. The highest BCUT2D eigenvalue weighted by atomic mass is 32.2. The minimum Gasteiger partial charge on any atom is -0.229 e. The molecule has 2 heterocycles. The van der Waals surface area contributed by atoms with Gasteiger partial charge in [0, 0.05) is 10.8 Å². The standard InChI is InChI=1S/C16H11N3S2/c1-10-11-6-2-3-7-12(11)15(19-18-10)21-16-17-13-8-4-5-9-14(13)20-16/h2-9H,1H3. The number of aromatic nitrogens is 3. The minimum absolute atomic E-state index is 0.912. The van der Waals surface area contributed by atoms with Crippen molar-refractivity contribution in [1.82, 2.24) is 15.2 Å². The number of fused-ring (bicyclic) bond motifs is 2. The summed E-state index contributed by atoms with van der Waals surface area (Å²) in [6, 6.07) is 16.4. The Bertz CT molecular complexity index is 913. The molecule has 0 bridgehead atoms. The summed E-state index contributed by atoms with van der Waals surface area (Å²) in [6.45, 7) is 1.99. The molecule has 0 atom stereocenters. The van der Waals surface area contributed by atoms with Crippen molar-refractivity contribution in [3.8, 4) is 0 Å². The van der Waals surface area contributed by atoms with E-state index in [1.807, 2.05) is 37.3 Å². The van der Waals surface area contributed by atoms with Gasteiger partial charge in [-0.05, 0) is 30.8 Å². The van der Waals surface area contributed by atoms with E-state index in [0.717, 1.165) is 31.3 Å². The van der Waals surface area contributed by atoms with Crippen molar-refractivity contribution in [2.24, 2.45) is 0 Å². The molecule has 4 rings (SSSR count). The summed E-state index contributed by atoms with van der Waals surface area (Å²) in [7, 11) is 0. The van der Waals surface area contributed by atoms with Crippen LogP contribution in [0.15, 0.2) is 57.9 Å². The van der Waals surface area contributed by atoms with Gasteiger partial charge in [0.05, 0.1) is 15.9 Å². The number of para-hydroxylation sites is 1. The first-order chi connectivity index (χ1) is 10.3. The zero-order valence-electron chi connectivity index (χ0n) is 11.3. The molecule has 0 saturated carbocycles. The fourth-order valence-corrected chi connectivity index (χ4v) is 4.31. The van der Waals surface area contributed by atoms with E-state index in [4.69, 9.17) is 0 Å². The molecule has 2 aromatic heterocycles. The third-order valence-electron chi connectivity index (χ3n) is 3.30. The van der Waals surface area contributed by atoms with Crippen LogP contribution in [0.25, 0.3) is 21.0 Å². The highest BCUT2D eigenvalue weighted by molar-refractivity contribution is 8.01. The summed E-state index contributed by atoms with van der Waals surface area (Å²) in [4.78, 5) is 4.65. The van der Waals surface area contributed by atoms with Crippen LogP contribution in [-0.2, 0) is 0 Å². The van der Waals surface area contributed by atoms with Crippen LogP contribution in [0.4, 0.5) is 0 Å². The van der Waals surface area contributed by atoms with Crippen molar-refractivity contribution in [1.29, 1.82) is 0 Å². The summed E-state index contributed by atoms with van der Waals surface area (Å²) in [5.74, 6) is 0. The first-order valence-electron chi connectivity index (χ1n) is 6.57. The molecule has 5 heteroatoms. The van der Waals surface area contributed by atoms with Crippen LogP contribution < -0.4 is 0 Å². The average Bonchev–Trinajstić information content (AvgIpc) is 2.93. The first kappa shape index (κ1) is 12.7. The van der Waals surface area contributed by atoms with E-state index in [1.165, 1.54) is 4.70 Å². The monoisotopic (exact) mass is 309 g/mol. The van der Waals surface area contributed by atoms with E-state index in [1.54, 1.807) is 23.1 Å². The molecule has 3 nitrogen and oxygen atoms in total. The molecule has 0 unspecified atom stereocenters. The molecule has 0 spiro atoms. The number of nitrogens with zero attached hydrogens (tertiary/aromatic N) is 3. The molecule has 0 radical (unpaired) electrons. The molecule has 21 heavy (non-hydrogen) atoms. The minimum atomic E-state index is 0.912. The summed E-state index contributed by atoms with van der Waals surface area (Å²) in [6.07, 6.45) is 0. The Labute approximate surface area is 130 Å². The van der Waals surface area contributed by atoms with Crippen LogP contribution in [0.5, 0.6) is 0 Å². The Morgan fingerprint density at radius 2 is 1.67 bits per heavy atom. The maximum atomic E-state index is 4.65. The van der Waals surface area contributed by atoms with Gasteiger partial charge >= 0.3 is 0 Å². The van der Waals surface area contributed by atoms with Crippen molar-refractivity contribution in [3.05, 3.63) is 54.2 Å². The van der Waals surface area contributed by atoms with E-state index in [-0.39, 0.29) is 0 Å². The maximum absolute atomic E-state index is 4.65. The van der Waals surface area contributed by atoms with Gasteiger partial charge in [-0.15, -0.1) is 16.4 Å². The lowest BCUT2D eigenvalue weighted by molar-refractivity contribution is 0.923. The summed E-state index contributed by atoms with van der Waals surface area (Å²) >= 11 is 3.27. The van der Waals surface area contributed by atoms with E-state index in [2.05, 4.69) is 33.4 Å². The van der Waals surface area contributed by atoms with Gasteiger partial charge in [-0.25, -0.2) is 4.98 Å². The van der Waals surface area contributed by atoms with Crippen molar-refractivity contribution in [2.45, 2.75) is 16.3 Å². The normalized spacial score (nSPS) is 11.3. The van der Waals surface area contributed by atoms with Crippen LogP contribution in [0, 0.1) is 6.92 Å². The van der Waals surface area contributed by atoms with Crippen molar-refractivity contribution < 1.29 is 0 Å². The summed E-state index contributed by atoms with van der Waals surface area (Å²) in [5.41, 5.74) is 1.99. The number of hydrogen-bond donors (Lipinski definition) is 0. The van der Waals surface area contributed by atoms with Crippen LogP contribution in [0.1, 0.15) is 5.69 Å². The Balaban J connectivity index is 1.82. The van der Waals surface area contributed by atoms with Crippen LogP contribution in [0.3, 0.4) is 0 Å². The molecule has 4 aromatic rings. The zero-order chi connectivity index (χ0) is 14.2. The average molecular weight is 309 g/mol. The molecule has 0 aliphatic heterocycles. The predicted octanol–water partition coefficient (Wildman–Crippen LogP) is 4.70. The molecular formula is C16H11N3S2. The lowest BCUT2D eigenvalue weighted by Gasteiger charge is -2.04. The molecule has 0 saturated heterocycles. The van der Waals surface area contributed by atoms with Crippen LogP contribution in [0.2, 0.25) is 0 Å². The van der Waals surface area contributed by atoms with E-state index >= 15 is 0 Å². The van der Waals surface area contributed by atoms with Gasteiger partial charge in [-0.1, -0.05) is 36.4 Å². The van der Waals surface area contributed by atoms with Crippen molar-refractivity contribution in [3.63, 3.8) is 0 Å². The summed E-state index contributed by atoms with van der Waals surface area (Å²) in [5, 5.41) is 11.8. The topological polar surface area (TPSA) is 38.7 Å². The van der Waals surface area contributed by atoms with Gasteiger partial charge in [-0.2, -0.15) is 5.10 Å². The Morgan fingerprint density at radius 3 is 2.52 bits per heavy atom. The second-order valence-corrected chi connectivity index (χ2v) is 6.95. The molecule has 2 aromatic carbocycles. The predicted molar refractivity (Wildman–Crippen MR) is 88.0 cm³/mol. The van der Waals surface area contributed by atoms with Gasteiger partial charge in [0.25, 0.3) is 0 Å². The van der Waals surface area contributed by atoms with E-state index in [9.17, 15) is 0 Å². The number of rotatable bonds is 2. The van der Waals surface area contributed by atoms with E-state index < -0.39 is 0 Å². The third-order valence-corrected chi connectivity index (χ3v) is 5.39. The van der Waals surface area contributed by atoms with Gasteiger partial charge in [-0.3, -0.25) is 0 Å². The SMILES string of the molecule is Cc1nnc(Sc2nc3ccccc3s2)c2ccccc12. The zero-order valence-corrected chi connectivity index (χ0v) is 12.9. The molecule has 0 aliphatic rings. The van der Waals surface area contributed by atoms with E-state index in [0.29, 0.717) is 0 Å². The quantitative estimate of drug-likeness (QED) is 0.538. The van der Waals surface area contributed by atoms with Crippen LogP contribution >= 0.6 is 23.1 Å². The largest absolute Gasteiger partial charge is 0.229 e. The maximum Gasteiger partial charge on any atom is 0.157 e. The first-order valence-corrected chi connectivity index (χ1v) is 8.20. The Hall–Kier alpha value is -1.98. The lowest BCUT2D eigenvalue weighted by atomic mass is 10.1. The number of thiazole rings is 1. The molecular weight excluding hydrogens is 298 g/mol.